The molecular formula is C48H52O10. The maximum Gasteiger partial charge on any atom is 0.314 e. The van der Waals surface area contributed by atoms with Crippen LogP contribution < -0.4 is 0 Å². The molecule has 0 amide bonds. The molecular weight excluding hydrogens is 737 g/mol. The first-order valence-electron chi connectivity index (χ1n) is 20.0. The summed E-state index contributed by atoms with van der Waals surface area (Å²) in [6, 6.07) is 50.1. The van der Waals surface area contributed by atoms with Crippen LogP contribution in [0.1, 0.15) is 34.7 Å². The van der Waals surface area contributed by atoms with Crippen molar-refractivity contribution in [1.29, 1.82) is 0 Å². The Labute approximate surface area is 340 Å². The Bertz CT molecular complexity index is 1940. The largest absolute Gasteiger partial charge is 0.368 e. The van der Waals surface area contributed by atoms with E-state index < -0.39 is 61.1 Å². The monoisotopic (exact) mass is 788 g/mol. The van der Waals surface area contributed by atoms with Crippen LogP contribution in [-0.2, 0) is 80.4 Å². The predicted octanol–water partition coefficient (Wildman–Crippen LogP) is 7.77. The maximum absolute atomic E-state index is 7.17. The van der Waals surface area contributed by atoms with E-state index in [1.165, 1.54) is 0 Å². The molecule has 3 aliphatic rings. The molecule has 304 valence electrons. The average molecular weight is 789 g/mol. The first-order chi connectivity index (χ1) is 28.6. The quantitative estimate of drug-likeness (QED) is 0.0988. The molecule has 10 nitrogen and oxygen atoms in total. The Morgan fingerprint density at radius 2 is 0.879 bits per heavy atom. The molecule has 10 atom stereocenters. The highest BCUT2D eigenvalue weighted by Crippen LogP contribution is 2.44. The highest BCUT2D eigenvalue weighted by molar-refractivity contribution is 5.18. The van der Waals surface area contributed by atoms with Gasteiger partial charge in [-0.15, -0.1) is 0 Å². The van der Waals surface area contributed by atoms with Crippen molar-refractivity contribution < 1.29 is 47.4 Å². The fourth-order valence-corrected chi connectivity index (χ4v) is 7.81. The smallest absolute Gasteiger partial charge is 0.314 e. The van der Waals surface area contributed by atoms with E-state index in [0.29, 0.717) is 26.4 Å². The van der Waals surface area contributed by atoms with Gasteiger partial charge in [-0.2, -0.15) is 0 Å². The number of hydrogen-bond acceptors (Lipinski definition) is 10. The first-order valence-corrected chi connectivity index (χ1v) is 20.0. The second kappa shape index (κ2) is 19.6. The molecule has 10 heteroatoms. The second-order valence-electron chi connectivity index (χ2n) is 14.9. The van der Waals surface area contributed by atoms with E-state index in [9.17, 15) is 0 Å². The summed E-state index contributed by atoms with van der Waals surface area (Å²) in [4.78, 5) is 0. The van der Waals surface area contributed by atoms with Crippen molar-refractivity contribution in [2.75, 3.05) is 13.7 Å². The van der Waals surface area contributed by atoms with Crippen molar-refractivity contribution in [1.82, 2.24) is 0 Å². The second-order valence-corrected chi connectivity index (χ2v) is 14.9. The van der Waals surface area contributed by atoms with Crippen LogP contribution in [-0.4, -0.2) is 74.8 Å². The van der Waals surface area contributed by atoms with Gasteiger partial charge in [0, 0.05) is 7.11 Å². The van der Waals surface area contributed by atoms with E-state index in [2.05, 4.69) is 0 Å². The minimum atomic E-state index is -1.75. The van der Waals surface area contributed by atoms with Gasteiger partial charge in [-0.3, -0.25) is 0 Å². The van der Waals surface area contributed by atoms with Crippen molar-refractivity contribution in [3.05, 3.63) is 179 Å². The molecule has 3 saturated heterocycles. The number of rotatable bonds is 16. The van der Waals surface area contributed by atoms with Gasteiger partial charge in [0.05, 0.1) is 45.7 Å². The normalized spacial score (nSPS) is 29.5. The van der Waals surface area contributed by atoms with E-state index in [4.69, 9.17) is 47.4 Å². The van der Waals surface area contributed by atoms with Gasteiger partial charge in [0.2, 0.25) is 0 Å². The summed E-state index contributed by atoms with van der Waals surface area (Å²) in [5.74, 6) is -1.75. The van der Waals surface area contributed by atoms with Gasteiger partial charge >= 0.3 is 5.97 Å². The maximum atomic E-state index is 7.17. The fraction of sp³-hybridized carbons (Fsp3) is 0.375. The van der Waals surface area contributed by atoms with E-state index in [1.54, 1.807) is 7.11 Å². The lowest BCUT2D eigenvalue weighted by Gasteiger charge is -2.57. The lowest BCUT2D eigenvalue weighted by atomic mass is 9.93. The van der Waals surface area contributed by atoms with Crippen LogP contribution in [0.2, 0.25) is 0 Å². The minimum absolute atomic E-state index is 0.0972. The van der Waals surface area contributed by atoms with Gasteiger partial charge in [0.15, 0.2) is 12.4 Å². The Morgan fingerprint density at radius 1 is 0.483 bits per heavy atom. The average Bonchev–Trinajstić information content (AvgIpc) is 3.28. The van der Waals surface area contributed by atoms with Gasteiger partial charge in [0.25, 0.3) is 0 Å². The molecule has 5 aromatic rings. The first kappa shape index (κ1) is 40.5. The summed E-state index contributed by atoms with van der Waals surface area (Å²) in [5.41, 5.74) is 5.00. The van der Waals surface area contributed by atoms with Crippen molar-refractivity contribution in [2.45, 2.75) is 101 Å². The van der Waals surface area contributed by atoms with Crippen molar-refractivity contribution >= 4 is 0 Å². The van der Waals surface area contributed by atoms with Gasteiger partial charge < -0.3 is 47.4 Å². The SMILES string of the molecule is CO[C@H]1O[C@@H]2CO[C@@]3(O[C@H]2[C@H](OCc2ccccc2)[C@H]1OCc1ccccc1)O[C@@H](C)[C@@H](OCc1ccccc1)[C@@H](OCc1ccccc1)[C@@H]3OCc1ccccc1. The van der Waals surface area contributed by atoms with Crippen LogP contribution in [0.15, 0.2) is 152 Å². The summed E-state index contributed by atoms with van der Waals surface area (Å²) in [6.45, 7) is 3.55. The van der Waals surface area contributed by atoms with Crippen LogP contribution >= 0.6 is 0 Å². The van der Waals surface area contributed by atoms with Gasteiger partial charge in [-0.1, -0.05) is 152 Å². The van der Waals surface area contributed by atoms with Gasteiger partial charge in [-0.05, 0) is 34.7 Å². The fourth-order valence-electron chi connectivity index (χ4n) is 7.81. The zero-order valence-corrected chi connectivity index (χ0v) is 33.0. The Hall–Kier alpha value is -4.30. The molecule has 5 aromatic carbocycles. The van der Waals surface area contributed by atoms with Crippen molar-refractivity contribution in [2.24, 2.45) is 0 Å². The van der Waals surface area contributed by atoms with Crippen LogP contribution in [0.4, 0.5) is 0 Å². The van der Waals surface area contributed by atoms with E-state index in [0.717, 1.165) is 27.8 Å². The predicted molar refractivity (Wildman–Crippen MR) is 215 cm³/mol. The van der Waals surface area contributed by atoms with Crippen LogP contribution in [0.5, 0.6) is 0 Å². The summed E-state index contributed by atoms with van der Waals surface area (Å²) < 4.78 is 67.2. The Balaban J connectivity index is 1.14. The molecule has 3 aliphatic heterocycles. The molecule has 0 saturated carbocycles. The Morgan fingerprint density at radius 3 is 1.33 bits per heavy atom. The molecule has 58 heavy (non-hydrogen) atoms. The zero-order chi connectivity index (χ0) is 39.6. The summed E-state index contributed by atoms with van der Waals surface area (Å²) in [6.07, 6.45) is -6.16. The van der Waals surface area contributed by atoms with E-state index in [-0.39, 0.29) is 13.2 Å². The summed E-state index contributed by atoms with van der Waals surface area (Å²) >= 11 is 0. The van der Waals surface area contributed by atoms with E-state index >= 15 is 0 Å². The number of fused-ring (bicyclic) bond motifs is 1. The molecule has 0 unspecified atom stereocenters. The molecule has 0 radical (unpaired) electrons. The third-order valence-electron chi connectivity index (χ3n) is 10.8. The van der Waals surface area contributed by atoms with Gasteiger partial charge in [0.1, 0.15) is 36.6 Å². The van der Waals surface area contributed by atoms with Crippen LogP contribution in [0.25, 0.3) is 0 Å². The molecule has 0 aromatic heterocycles. The highest BCUT2D eigenvalue weighted by Gasteiger charge is 2.64. The molecule has 3 heterocycles. The lowest BCUT2D eigenvalue weighted by Crippen LogP contribution is -2.74. The van der Waals surface area contributed by atoms with Gasteiger partial charge in [-0.25, -0.2) is 0 Å². The molecule has 3 fully saturated rings. The number of benzene rings is 5. The third kappa shape index (κ3) is 9.76. The number of ether oxygens (including phenoxy) is 10. The third-order valence-corrected chi connectivity index (χ3v) is 10.8. The minimum Gasteiger partial charge on any atom is -0.368 e. The Kier molecular flexibility index (Phi) is 13.7. The standard InChI is InChI=1S/C48H52O10/c1-34-41(50-28-35-18-8-3-9-19-35)44(52-30-37-22-12-5-13-23-37)46(54-32-39-26-16-7-17-27-39)48(57-34)55-33-40-42(58-48)43(51-29-36-20-10-4-11-21-36)45(47(49-2)56-40)53-31-38-24-14-6-15-25-38/h3-27,34,40-47H,28-33H2,1-2H3/t34-,40+,41+,42+,43-,44+,45+,46-,47-,48+/m0/s1. The topological polar surface area (TPSA) is 92.3 Å². The highest BCUT2D eigenvalue weighted by atomic mass is 16.9. The lowest BCUT2D eigenvalue weighted by molar-refractivity contribution is -0.515. The molecule has 8 rings (SSSR count). The summed E-state index contributed by atoms with van der Waals surface area (Å²) in [7, 11) is 1.60. The molecule has 0 bridgehead atoms. The molecule has 1 spiro atoms. The number of hydrogen-bond donors (Lipinski definition) is 0. The summed E-state index contributed by atoms with van der Waals surface area (Å²) in [5, 5.41) is 0. The van der Waals surface area contributed by atoms with Crippen molar-refractivity contribution in [3.8, 4) is 0 Å². The molecule has 0 N–H and O–H groups in total. The number of methoxy groups -OCH3 is 1. The van der Waals surface area contributed by atoms with Crippen LogP contribution in [0, 0.1) is 0 Å². The van der Waals surface area contributed by atoms with Crippen LogP contribution in [0.3, 0.4) is 0 Å². The van der Waals surface area contributed by atoms with E-state index in [1.807, 2.05) is 159 Å². The van der Waals surface area contributed by atoms with Crippen molar-refractivity contribution in [3.63, 3.8) is 0 Å². The zero-order valence-electron chi connectivity index (χ0n) is 33.0. The molecule has 0 aliphatic carbocycles.